The maximum absolute atomic E-state index is 5.67. The molecule has 0 radical (unpaired) electrons. The van der Waals surface area contributed by atoms with Crippen molar-refractivity contribution in [1.29, 1.82) is 0 Å². The molecule has 0 aromatic heterocycles. The molecule has 1 N–H and O–H groups in total. The van der Waals surface area contributed by atoms with Gasteiger partial charge in [0.25, 0.3) is 0 Å². The molecular weight excluding hydrogens is 236 g/mol. The summed E-state index contributed by atoms with van der Waals surface area (Å²) in [5.41, 5.74) is 0. The molecule has 0 bridgehead atoms. The van der Waals surface area contributed by atoms with Crippen molar-refractivity contribution in [1.82, 2.24) is 10.2 Å². The van der Waals surface area contributed by atoms with Gasteiger partial charge in [-0.25, -0.2) is 0 Å². The van der Waals surface area contributed by atoms with E-state index in [1.807, 2.05) is 0 Å². The van der Waals surface area contributed by atoms with Crippen LogP contribution in [0.4, 0.5) is 0 Å². The summed E-state index contributed by atoms with van der Waals surface area (Å²) in [7, 11) is 2.21. The number of nitrogens with one attached hydrogen (secondary N) is 1. The molecule has 3 nitrogen and oxygen atoms in total. The van der Waals surface area contributed by atoms with Crippen molar-refractivity contribution in [3.63, 3.8) is 0 Å². The number of hydrogen-bond acceptors (Lipinski definition) is 3. The van der Waals surface area contributed by atoms with Gasteiger partial charge in [0.2, 0.25) is 0 Å². The molecule has 19 heavy (non-hydrogen) atoms. The van der Waals surface area contributed by atoms with Gasteiger partial charge in [0.1, 0.15) is 0 Å². The highest BCUT2D eigenvalue weighted by atomic mass is 16.5. The third kappa shape index (κ3) is 10.3. The van der Waals surface area contributed by atoms with E-state index in [-0.39, 0.29) is 0 Å². The highest BCUT2D eigenvalue weighted by Gasteiger charge is 2.20. The van der Waals surface area contributed by atoms with E-state index >= 15 is 0 Å². The summed E-state index contributed by atoms with van der Waals surface area (Å²) >= 11 is 0. The van der Waals surface area contributed by atoms with Gasteiger partial charge in [-0.1, -0.05) is 13.3 Å². The van der Waals surface area contributed by atoms with Crippen LogP contribution in [0.2, 0.25) is 0 Å². The molecule has 1 aliphatic rings. The lowest BCUT2D eigenvalue weighted by atomic mass is 10.1. The normalized spacial score (nSPS) is 17.1. The Kier molecular flexibility index (Phi) is 9.48. The predicted octanol–water partition coefficient (Wildman–Crippen LogP) is 2.90. The van der Waals surface area contributed by atoms with Crippen molar-refractivity contribution in [2.75, 3.05) is 39.9 Å². The highest BCUT2D eigenvalue weighted by molar-refractivity contribution is 4.72. The Labute approximate surface area is 120 Å². The zero-order valence-corrected chi connectivity index (χ0v) is 13.3. The molecule has 3 heteroatoms. The zero-order valence-electron chi connectivity index (χ0n) is 13.3. The van der Waals surface area contributed by atoms with Crippen LogP contribution in [0.15, 0.2) is 0 Å². The fourth-order valence-corrected chi connectivity index (χ4v) is 2.19. The third-order valence-corrected chi connectivity index (χ3v) is 3.84. The second kappa shape index (κ2) is 10.6. The first-order valence-corrected chi connectivity index (χ1v) is 8.22. The highest BCUT2D eigenvalue weighted by Crippen LogP contribution is 2.28. The number of likely N-dealkylation sites (N-methyl/N-ethyl adjacent to an activating group) is 1. The van der Waals surface area contributed by atoms with Crippen LogP contribution in [0.25, 0.3) is 0 Å². The summed E-state index contributed by atoms with van der Waals surface area (Å²) in [5, 5.41) is 3.55. The summed E-state index contributed by atoms with van der Waals surface area (Å²) in [5.74, 6) is 0.891. The molecule has 1 rings (SSSR count). The Morgan fingerprint density at radius 2 is 2.05 bits per heavy atom. The molecule has 0 amide bonds. The minimum Gasteiger partial charge on any atom is -0.380 e. The second-order valence-corrected chi connectivity index (χ2v) is 6.17. The van der Waals surface area contributed by atoms with Crippen LogP contribution in [-0.4, -0.2) is 50.8 Å². The number of unbranched alkanes of at least 4 members (excludes halogenated alkanes) is 1. The standard InChI is InChI=1S/C16H34N2O/c1-4-10-17-15(2)7-5-6-11-18(3)12-13-19-14-16-8-9-16/h15-17H,4-14H2,1-3H3. The van der Waals surface area contributed by atoms with Crippen molar-refractivity contribution < 1.29 is 4.74 Å². The van der Waals surface area contributed by atoms with Crippen LogP contribution in [0.3, 0.4) is 0 Å². The van der Waals surface area contributed by atoms with Gasteiger partial charge >= 0.3 is 0 Å². The summed E-state index contributed by atoms with van der Waals surface area (Å²) < 4.78 is 5.67. The molecule has 114 valence electrons. The Balaban J connectivity index is 1.81. The minimum atomic E-state index is 0.673. The molecule has 1 saturated carbocycles. The topological polar surface area (TPSA) is 24.5 Å². The van der Waals surface area contributed by atoms with Gasteiger partial charge in [0, 0.05) is 19.2 Å². The van der Waals surface area contributed by atoms with Crippen LogP contribution in [-0.2, 0) is 4.74 Å². The van der Waals surface area contributed by atoms with E-state index in [2.05, 4.69) is 31.1 Å². The van der Waals surface area contributed by atoms with E-state index in [0.29, 0.717) is 6.04 Å². The number of ether oxygens (including phenoxy) is 1. The lowest BCUT2D eigenvalue weighted by Gasteiger charge is -2.17. The Hall–Kier alpha value is -0.120. The molecular formula is C16H34N2O. The summed E-state index contributed by atoms with van der Waals surface area (Å²) in [4.78, 5) is 2.40. The van der Waals surface area contributed by atoms with E-state index in [4.69, 9.17) is 4.74 Å². The van der Waals surface area contributed by atoms with Gasteiger partial charge < -0.3 is 15.0 Å². The van der Waals surface area contributed by atoms with Crippen LogP contribution in [0, 0.1) is 5.92 Å². The van der Waals surface area contributed by atoms with Crippen LogP contribution in [0.1, 0.15) is 52.4 Å². The molecule has 1 atom stereocenters. The van der Waals surface area contributed by atoms with Gasteiger partial charge in [-0.3, -0.25) is 0 Å². The van der Waals surface area contributed by atoms with Crippen molar-refractivity contribution >= 4 is 0 Å². The summed E-state index contributed by atoms with van der Waals surface area (Å²) in [6.45, 7) is 9.85. The van der Waals surface area contributed by atoms with E-state index in [1.165, 1.54) is 45.1 Å². The lowest BCUT2D eigenvalue weighted by molar-refractivity contribution is 0.103. The fraction of sp³-hybridized carbons (Fsp3) is 1.00. The molecule has 1 unspecified atom stereocenters. The van der Waals surface area contributed by atoms with Crippen molar-refractivity contribution in [2.45, 2.75) is 58.4 Å². The molecule has 0 aromatic rings. The average Bonchev–Trinajstić information content (AvgIpc) is 3.21. The van der Waals surface area contributed by atoms with Crippen LogP contribution in [0.5, 0.6) is 0 Å². The van der Waals surface area contributed by atoms with Crippen LogP contribution < -0.4 is 5.32 Å². The van der Waals surface area contributed by atoms with Crippen molar-refractivity contribution in [3.05, 3.63) is 0 Å². The zero-order chi connectivity index (χ0) is 13.9. The molecule has 0 aliphatic heterocycles. The minimum absolute atomic E-state index is 0.673. The molecule has 1 aliphatic carbocycles. The van der Waals surface area contributed by atoms with Gasteiger partial charge in [-0.05, 0) is 65.1 Å². The van der Waals surface area contributed by atoms with E-state index in [0.717, 1.165) is 32.2 Å². The summed E-state index contributed by atoms with van der Waals surface area (Å²) in [6.07, 6.45) is 7.93. The lowest BCUT2D eigenvalue weighted by Crippen LogP contribution is -2.27. The molecule has 0 aromatic carbocycles. The number of rotatable bonds is 13. The molecule has 0 spiro atoms. The molecule has 0 heterocycles. The van der Waals surface area contributed by atoms with Gasteiger partial charge in [-0.2, -0.15) is 0 Å². The predicted molar refractivity (Wildman–Crippen MR) is 82.6 cm³/mol. The Morgan fingerprint density at radius 3 is 2.74 bits per heavy atom. The first-order valence-electron chi connectivity index (χ1n) is 8.22. The maximum Gasteiger partial charge on any atom is 0.0593 e. The van der Waals surface area contributed by atoms with Crippen LogP contribution >= 0.6 is 0 Å². The third-order valence-electron chi connectivity index (χ3n) is 3.84. The Morgan fingerprint density at radius 1 is 1.26 bits per heavy atom. The Bertz CT molecular complexity index is 207. The first kappa shape index (κ1) is 16.9. The number of nitrogens with zero attached hydrogens (tertiary/aromatic N) is 1. The largest absolute Gasteiger partial charge is 0.380 e. The monoisotopic (exact) mass is 270 g/mol. The van der Waals surface area contributed by atoms with Gasteiger partial charge in [-0.15, -0.1) is 0 Å². The van der Waals surface area contributed by atoms with E-state index in [1.54, 1.807) is 0 Å². The van der Waals surface area contributed by atoms with E-state index < -0.39 is 0 Å². The second-order valence-electron chi connectivity index (χ2n) is 6.17. The van der Waals surface area contributed by atoms with Gasteiger partial charge in [0.15, 0.2) is 0 Å². The van der Waals surface area contributed by atoms with Gasteiger partial charge in [0.05, 0.1) is 6.61 Å². The summed E-state index contributed by atoms with van der Waals surface area (Å²) in [6, 6.07) is 0.673. The SMILES string of the molecule is CCCNC(C)CCCCN(C)CCOCC1CC1. The molecule has 1 fully saturated rings. The smallest absolute Gasteiger partial charge is 0.0593 e. The van der Waals surface area contributed by atoms with Crippen molar-refractivity contribution in [3.8, 4) is 0 Å². The number of hydrogen-bond donors (Lipinski definition) is 1. The quantitative estimate of drug-likeness (QED) is 0.521. The fourth-order valence-electron chi connectivity index (χ4n) is 2.19. The molecule has 0 saturated heterocycles. The van der Waals surface area contributed by atoms with E-state index in [9.17, 15) is 0 Å². The first-order chi connectivity index (χ1) is 9.22. The maximum atomic E-state index is 5.67. The van der Waals surface area contributed by atoms with Crippen molar-refractivity contribution in [2.24, 2.45) is 5.92 Å². The average molecular weight is 270 g/mol.